The molecule has 34 heavy (non-hydrogen) atoms. The fourth-order valence-electron chi connectivity index (χ4n) is 8.99. The molecule has 0 radical (unpaired) electrons. The minimum atomic E-state index is -0.571. The van der Waals surface area contributed by atoms with Crippen molar-refractivity contribution in [3.8, 4) is 11.5 Å². The molecule has 4 unspecified atom stereocenters. The monoisotopic (exact) mass is 459 g/mol. The van der Waals surface area contributed by atoms with Gasteiger partial charge < -0.3 is 19.1 Å². The Morgan fingerprint density at radius 3 is 2.74 bits per heavy atom. The number of ketones is 1. The van der Waals surface area contributed by atoms with Gasteiger partial charge in [0.2, 0.25) is 0 Å². The minimum absolute atomic E-state index is 0.0393. The van der Waals surface area contributed by atoms with E-state index in [0.717, 1.165) is 55.7 Å². The molecule has 3 saturated carbocycles. The molecular weight excluding hydrogens is 426 g/mol. The molecule has 8 rings (SSSR count). The fraction of sp³-hybridized carbons (Fsp3) is 0.552. The molecule has 0 amide bonds. The Morgan fingerprint density at radius 2 is 1.97 bits per heavy atom. The van der Waals surface area contributed by atoms with Crippen LogP contribution in [-0.4, -0.2) is 49.1 Å². The Morgan fingerprint density at radius 1 is 1.15 bits per heavy atom. The highest BCUT2D eigenvalue weighted by Gasteiger charge is 2.81. The molecule has 5 nitrogen and oxygen atoms in total. The summed E-state index contributed by atoms with van der Waals surface area (Å²) in [6, 6.07) is 15.1. The summed E-state index contributed by atoms with van der Waals surface area (Å²) >= 11 is 0. The molecule has 2 spiro atoms. The second kappa shape index (κ2) is 6.86. The lowest BCUT2D eigenvalue weighted by Crippen LogP contribution is -2.81. The number of methoxy groups -OCH3 is 1. The van der Waals surface area contributed by atoms with E-state index in [4.69, 9.17) is 14.2 Å². The Balaban J connectivity index is 1.41. The number of rotatable bonds is 5. The molecule has 6 aliphatic rings. The number of ether oxygens (including phenoxy) is 3. The summed E-state index contributed by atoms with van der Waals surface area (Å²) in [5, 5.41) is 0. The lowest BCUT2D eigenvalue weighted by Gasteiger charge is -2.73. The highest BCUT2D eigenvalue weighted by atomic mass is 16.6. The third-order valence-corrected chi connectivity index (χ3v) is 10.3. The number of carbonyl (C=O) groups is 1. The number of piperidine rings is 1. The van der Waals surface area contributed by atoms with Crippen LogP contribution in [0.1, 0.15) is 49.3 Å². The van der Waals surface area contributed by atoms with Crippen molar-refractivity contribution in [2.45, 2.75) is 68.8 Å². The maximum Gasteiger partial charge on any atom is 0.166 e. The quantitative estimate of drug-likeness (QED) is 0.667. The van der Waals surface area contributed by atoms with Gasteiger partial charge >= 0.3 is 0 Å². The molecular formula is C29H33NO4. The van der Waals surface area contributed by atoms with Gasteiger partial charge in [-0.15, -0.1) is 0 Å². The summed E-state index contributed by atoms with van der Waals surface area (Å²) in [5.41, 5.74) is 3.26. The highest BCUT2D eigenvalue weighted by Crippen LogP contribution is 2.76. The van der Waals surface area contributed by atoms with Gasteiger partial charge in [-0.25, -0.2) is 0 Å². The third kappa shape index (κ3) is 2.26. The normalized spacial score (nSPS) is 38.9. The number of likely N-dealkylation sites (tertiary alicyclic amines) is 1. The topological polar surface area (TPSA) is 48.0 Å². The van der Waals surface area contributed by atoms with Gasteiger partial charge in [-0.2, -0.15) is 0 Å². The Bertz CT molecular complexity index is 1180. The second-order valence-electron chi connectivity index (χ2n) is 11.3. The van der Waals surface area contributed by atoms with E-state index in [9.17, 15) is 4.79 Å². The predicted molar refractivity (Wildman–Crippen MR) is 128 cm³/mol. The number of likely N-dealkylation sites (N-methyl/N-ethyl adjacent to an activating group) is 1. The van der Waals surface area contributed by atoms with Gasteiger partial charge in [0.1, 0.15) is 24.1 Å². The van der Waals surface area contributed by atoms with E-state index in [2.05, 4.69) is 36.2 Å². The first-order valence-corrected chi connectivity index (χ1v) is 12.7. The van der Waals surface area contributed by atoms with Gasteiger partial charge in [0, 0.05) is 29.5 Å². The molecule has 6 atom stereocenters. The average Bonchev–Trinajstić information content (AvgIpc) is 3.23. The van der Waals surface area contributed by atoms with Gasteiger partial charge in [0.05, 0.1) is 5.92 Å². The van der Waals surface area contributed by atoms with E-state index in [1.54, 1.807) is 14.0 Å². The zero-order valence-electron chi connectivity index (χ0n) is 20.3. The van der Waals surface area contributed by atoms with Gasteiger partial charge in [-0.3, -0.25) is 4.79 Å². The minimum Gasteiger partial charge on any atom is -0.485 e. The van der Waals surface area contributed by atoms with Gasteiger partial charge in [-0.05, 0) is 69.8 Å². The lowest BCUT2D eigenvalue weighted by atomic mass is 9.34. The lowest BCUT2D eigenvalue weighted by molar-refractivity contribution is -0.270. The molecule has 4 bridgehead atoms. The zero-order chi connectivity index (χ0) is 23.3. The smallest absolute Gasteiger partial charge is 0.166 e. The van der Waals surface area contributed by atoms with Crippen LogP contribution < -0.4 is 9.47 Å². The van der Waals surface area contributed by atoms with Crippen molar-refractivity contribution in [3.05, 3.63) is 59.2 Å². The van der Waals surface area contributed by atoms with Crippen molar-refractivity contribution in [2.24, 2.45) is 11.3 Å². The summed E-state index contributed by atoms with van der Waals surface area (Å²) < 4.78 is 19.8. The summed E-state index contributed by atoms with van der Waals surface area (Å²) in [7, 11) is 4.07. The highest BCUT2D eigenvalue weighted by molar-refractivity contribution is 5.81. The predicted octanol–water partition coefficient (Wildman–Crippen LogP) is 4.30. The van der Waals surface area contributed by atoms with E-state index in [1.807, 2.05) is 18.2 Å². The molecule has 2 aromatic carbocycles. The first kappa shape index (κ1) is 21.0. The molecule has 178 valence electrons. The number of Topliss-reactive ketones (excluding diaryl/α,β-unsaturated/α-hetero) is 1. The largest absolute Gasteiger partial charge is 0.485 e. The van der Waals surface area contributed by atoms with Crippen molar-refractivity contribution in [1.82, 2.24) is 4.90 Å². The molecule has 2 aromatic rings. The molecule has 2 heterocycles. The standard InChI is InChI=1S/C29H33NO4/c1-18(31)21-16-27-11-12-29(21,32-3)26-28(27)13-14-30(2)23(27)15-20-9-10-22(25(34-26)24(20)28)33-17-19-7-5-4-6-8-19/h4-10,21,23,26H,11-17H2,1-3H3/t21-,23?,26-,27?,28?,29?/m1/s1. The number of carbonyl (C=O) groups excluding carboxylic acids is 1. The van der Waals surface area contributed by atoms with Crippen molar-refractivity contribution >= 4 is 5.78 Å². The van der Waals surface area contributed by atoms with Crippen LogP contribution in [0.15, 0.2) is 42.5 Å². The second-order valence-corrected chi connectivity index (χ2v) is 11.3. The molecule has 4 aliphatic carbocycles. The SMILES string of the molecule is COC12CCC3(C[C@@H]1C(C)=O)C1Cc4ccc(OCc5ccccc5)c5c4C3(CCN1C)[C@H]2O5. The van der Waals surface area contributed by atoms with E-state index in [-0.39, 0.29) is 28.6 Å². The first-order chi connectivity index (χ1) is 16.5. The van der Waals surface area contributed by atoms with Gasteiger partial charge in [-0.1, -0.05) is 36.4 Å². The fourth-order valence-corrected chi connectivity index (χ4v) is 8.99. The summed E-state index contributed by atoms with van der Waals surface area (Å²) in [5.74, 6) is 1.85. The van der Waals surface area contributed by atoms with Crippen LogP contribution in [0.3, 0.4) is 0 Å². The van der Waals surface area contributed by atoms with Gasteiger partial charge in [0.15, 0.2) is 11.5 Å². The Labute approximate surface area is 201 Å². The van der Waals surface area contributed by atoms with Crippen LogP contribution in [0.2, 0.25) is 0 Å². The molecule has 0 aromatic heterocycles. The van der Waals surface area contributed by atoms with E-state index < -0.39 is 5.60 Å². The van der Waals surface area contributed by atoms with E-state index >= 15 is 0 Å². The van der Waals surface area contributed by atoms with Crippen LogP contribution in [0, 0.1) is 11.3 Å². The number of benzene rings is 2. The Hall–Kier alpha value is -2.37. The van der Waals surface area contributed by atoms with Crippen molar-refractivity contribution in [2.75, 3.05) is 20.7 Å². The Kier molecular flexibility index (Phi) is 4.23. The first-order valence-electron chi connectivity index (χ1n) is 12.7. The van der Waals surface area contributed by atoms with Crippen LogP contribution in [-0.2, 0) is 28.0 Å². The van der Waals surface area contributed by atoms with Gasteiger partial charge in [0.25, 0.3) is 0 Å². The maximum absolute atomic E-state index is 13.0. The van der Waals surface area contributed by atoms with Crippen LogP contribution in [0.4, 0.5) is 0 Å². The van der Waals surface area contributed by atoms with Crippen molar-refractivity contribution < 1.29 is 19.0 Å². The van der Waals surface area contributed by atoms with Crippen LogP contribution >= 0.6 is 0 Å². The molecule has 4 fully saturated rings. The molecule has 5 heteroatoms. The van der Waals surface area contributed by atoms with Crippen molar-refractivity contribution in [3.63, 3.8) is 0 Å². The maximum atomic E-state index is 13.0. The molecule has 0 N–H and O–H groups in total. The number of hydrogen-bond donors (Lipinski definition) is 0. The van der Waals surface area contributed by atoms with E-state index in [1.165, 1.54) is 11.1 Å². The van der Waals surface area contributed by atoms with Crippen LogP contribution in [0.5, 0.6) is 11.5 Å². The average molecular weight is 460 g/mol. The molecule has 2 aliphatic heterocycles. The molecule has 1 saturated heterocycles. The summed E-state index contributed by atoms with van der Waals surface area (Å²) in [4.78, 5) is 15.6. The summed E-state index contributed by atoms with van der Waals surface area (Å²) in [6.45, 7) is 3.31. The number of nitrogens with zero attached hydrogens (tertiary/aromatic N) is 1. The number of fused-ring (bicyclic) bond motifs is 2. The third-order valence-electron chi connectivity index (χ3n) is 10.3. The van der Waals surface area contributed by atoms with Crippen molar-refractivity contribution in [1.29, 1.82) is 0 Å². The summed E-state index contributed by atoms with van der Waals surface area (Å²) in [6.07, 6.45) is 4.79. The van der Waals surface area contributed by atoms with E-state index in [0.29, 0.717) is 12.6 Å². The van der Waals surface area contributed by atoms with Crippen LogP contribution in [0.25, 0.3) is 0 Å². The zero-order valence-corrected chi connectivity index (χ0v) is 20.3. The number of hydrogen-bond acceptors (Lipinski definition) is 5.